The van der Waals surface area contributed by atoms with Gasteiger partial charge in [0.2, 0.25) is 6.29 Å². The summed E-state index contributed by atoms with van der Waals surface area (Å²) in [5, 5.41) is 52.5. The van der Waals surface area contributed by atoms with E-state index in [4.69, 9.17) is 19.7 Å². The van der Waals surface area contributed by atoms with Gasteiger partial charge in [-0.25, -0.2) is 4.79 Å². The first-order valence-electron chi connectivity index (χ1n) is 14.6. The summed E-state index contributed by atoms with van der Waals surface area (Å²) in [6, 6.07) is 2.73. The number of aliphatic carboxylic acids is 1. The molecule has 3 aliphatic heterocycles. The molecule has 0 aromatic heterocycles. The Morgan fingerprint density at radius 3 is 2.70 bits per heavy atom. The molecule has 1 unspecified atom stereocenters. The highest BCUT2D eigenvalue weighted by atomic mass is 16.7. The topological polar surface area (TPSA) is 166 Å². The average Bonchev–Trinajstić information content (AvgIpc) is 3.14. The predicted octanol–water partition coefficient (Wildman–Crippen LogP) is -0.909. The van der Waals surface area contributed by atoms with E-state index in [-0.39, 0.29) is 43.1 Å². The Hall–Kier alpha value is -2.28. The molecular weight excluding hydrogens is 486 g/mol. The van der Waals surface area contributed by atoms with Gasteiger partial charge in [-0.1, -0.05) is 6.07 Å². The van der Waals surface area contributed by atoms with Crippen LogP contribution >= 0.6 is 0 Å². The number of Topliss-reactive ketones (excluding diaryl/α,β-unsaturated/α-hetero) is 1. The molecule has 1 spiro atoms. The van der Waals surface area contributed by atoms with Crippen LogP contribution in [0, 0.1) is 5.92 Å². The second-order valence-corrected chi connectivity index (χ2v) is 10.9. The Morgan fingerprint density at radius 1 is 1.19 bits per heavy atom. The second-order valence-electron chi connectivity index (χ2n) is 10.9. The van der Waals surface area contributed by atoms with E-state index in [1.54, 1.807) is 6.07 Å². The van der Waals surface area contributed by atoms with Crippen molar-refractivity contribution in [3.8, 4) is 11.5 Å². The third-order valence-electron chi connectivity index (χ3n) is 9.18. The van der Waals surface area contributed by atoms with Gasteiger partial charge in [0, 0.05) is 30.1 Å². The lowest BCUT2D eigenvalue weighted by atomic mass is 9.49. The fourth-order valence-electron chi connectivity index (χ4n) is 7.37. The summed E-state index contributed by atoms with van der Waals surface area (Å²) in [4.78, 5) is 26.8. The number of aliphatic hydroxyl groups excluding tert-OH is 3. The van der Waals surface area contributed by atoms with E-state index in [1.165, 1.54) is 6.07 Å². The molecule has 200 valence electrons. The number of carboxylic acid groups (broad SMARTS) is 1. The van der Waals surface area contributed by atoms with Crippen molar-refractivity contribution in [2.45, 2.75) is 92.3 Å². The molecule has 2 saturated heterocycles. The predicted molar refractivity (Wildman–Crippen MR) is 123 cm³/mol. The number of piperidine rings is 1. The lowest BCUT2D eigenvalue weighted by Gasteiger charge is -2.62. The third kappa shape index (κ3) is 3.09. The van der Waals surface area contributed by atoms with Crippen molar-refractivity contribution in [2.24, 2.45) is 5.92 Å². The van der Waals surface area contributed by atoms with E-state index in [9.17, 15) is 35.1 Å². The maximum absolute atomic E-state index is 13.3. The van der Waals surface area contributed by atoms with E-state index in [2.05, 4.69) is 0 Å². The molecular formula is C26H31NO10. The molecule has 0 amide bonds. The summed E-state index contributed by atoms with van der Waals surface area (Å²) in [5.74, 6) is -2.43. The zero-order valence-electron chi connectivity index (χ0n) is 23.7. The van der Waals surface area contributed by atoms with Gasteiger partial charge in [0.05, 0.1) is 11.0 Å². The maximum atomic E-state index is 13.3. The number of carbonyl (C=O) groups is 2. The second kappa shape index (κ2) is 7.87. The number of hydrogen-bond acceptors (Lipinski definition) is 10. The largest absolute Gasteiger partial charge is 0.479 e. The molecule has 37 heavy (non-hydrogen) atoms. The standard InChI is InChI=1S/C26H31NO10/c28-13-5-6-26(34)15-9-12-3-4-14(35-24-19(31)17(29)18(30)21(37-24)23(32)33)20-16(12)25(26,22(13)36-20)7-8-27(15)10-11-1-2-11/h3-4,11,15,17-19,21-22,24,29-31,34H,1-2,5-10H2,(H,32,33)/t15-,17+,18+,19-,21+,22+,24?,25+,26-/m1/s1/i1D2,2D2. The van der Waals surface area contributed by atoms with E-state index < -0.39 is 78.5 Å². The molecule has 4 fully saturated rings. The molecule has 11 nitrogen and oxygen atoms in total. The smallest absolute Gasteiger partial charge is 0.335 e. The Labute approximate surface area is 218 Å². The minimum absolute atomic E-state index is 0.0136. The summed E-state index contributed by atoms with van der Waals surface area (Å²) in [6.45, 7) is 0.503. The van der Waals surface area contributed by atoms with Gasteiger partial charge in [-0.3, -0.25) is 9.69 Å². The van der Waals surface area contributed by atoms with Crippen LogP contribution in [0.3, 0.4) is 0 Å². The Bertz CT molecular complexity index is 1330. The summed E-state index contributed by atoms with van der Waals surface area (Å²) >= 11 is 0. The van der Waals surface area contributed by atoms with E-state index in [0.717, 1.165) is 5.56 Å². The van der Waals surface area contributed by atoms with E-state index >= 15 is 0 Å². The molecule has 5 N–H and O–H groups in total. The van der Waals surface area contributed by atoms with Crippen LogP contribution in [0.4, 0.5) is 0 Å². The zero-order chi connectivity index (χ0) is 29.4. The molecule has 2 bridgehead atoms. The quantitative estimate of drug-likeness (QED) is 0.326. The molecule has 3 aliphatic carbocycles. The minimum atomic E-state index is -1.96. The van der Waals surface area contributed by atoms with Gasteiger partial charge >= 0.3 is 5.97 Å². The van der Waals surface area contributed by atoms with Crippen molar-refractivity contribution in [3.05, 3.63) is 23.3 Å². The zero-order valence-corrected chi connectivity index (χ0v) is 19.7. The highest BCUT2D eigenvalue weighted by molar-refractivity contribution is 5.90. The van der Waals surface area contributed by atoms with Crippen LogP contribution in [0.1, 0.15) is 48.6 Å². The first-order valence-corrected chi connectivity index (χ1v) is 12.6. The first-order chi connectivity index (χ1) is 19.2. The van der Waals surface area contributed by atoms with Crippen molar-refractivity contribution in [3.63, 3.8) is 0 Å². The van der Waals surface area contributed by atoms with Crippen LogP contribution < -0.4 is 9.47 Å². The summed E-state index contributed by atoms with van der Waals surface area (Å²) in [5.41, 5.74) is -1.22. The number of benzene rings is 1. The number of ether oxygens (including phenoxy) is 3. The number of carboxylic acids is 1. The molecule has 1 aromatic carbocycles. The normalized spacial score (nSPS) is 48.5. The number of hydrogen-bond donors (Lipinski definition) is 5. The Balaban J connectivity index is 1.26. The van der Waals surface area contributed by atoms with E-state index in [1.807, 2.05) is 4.90 Å². The molecule has 9 atom stereocenters. The highest BCUT2D eigenvalue weighted by Crippen LogP contribution is 2.65. The van der Waals surface area contributed by atoms with Gasteiger partial charge in [0.25, 0.3) is 0 Å². The fraction of sp³-hybridized carbons (Fsp3) is 0.692. The monoisotopic (exact) mass is 521 g/mol. The third-order valence-corrected chi connectivity index (χ3v) is 9.18. The minimum Gasteiger partial charge on any atom is -0.479 e. The van der Waals surface area contributed by atoms with Crippen LogP contribution in [-0.2, 0) is 26.2 Å². The highest BCUT2D eigenvalue weighted by Gasteiger charge is 2.73. The number of aliphatic hydroxyl groups is 4. The number of ketones is 1. The molecule has 2 saturated carbocycles. The fourth-order valence-corrected chi connectivity index (χ4v) is 7.37. The molecule has 6 aliphatic rings. The van der Waals surface area contributed by atoms with Gasteiger partial charge in [0.15, 0.2) is 29.5 Å². The van der Waals surface area contributed by atoms with Crippen LogP contribution in [0.15, 0.2) is 12.1 Å². The van der Waals surface area contributed by atoms with Gasteiger partial charge in [-0.05, 0) is 56.1 Å². The van der Waals surface area contributed by atoms with Gasteiger partial charge < -0.3 is 39.7 Å². The number of nitrogens with zero attached hydrogens (tertiary/aromatic N) is 1. The van der Waals surface area contributed by atoms with Crippen molar-refractivity contribution in [1.29, 1.82) is 0 Å². The summed E-state index contributed by atoms with van der Waals surface area (Å²) in [7, 11) is 0. The number of carbonyl (C=O) groups excluding carboxylic acids is 1. The Morgan fingerprint density at radius 2 is 1.97 bits per heavy atom. The van der Waals surface area contributed by atoms with Crippen molar-refractivity contribution < 1.29 is 54.8 Å². The lowest BCUT2D eigenvalue weighted by molar-refractivity contribution is -0.271. The molecule has 3 heterocycles. The van der Waals surface area contributed by atoms with Gasteiger partial charge in [0.1, 0.15) is 18.3 Å². The maximum Gasteiger partial charge on any atom is 0.335 e. The number of likely N-dealkylation sites (tertiary alicyclic amines) is 1. The van der Waals surface area contributed by atoms with Gasteiger partial charge in [-0.2, -0.15) is 0 Å². The van der Waals surface area contributed by atoms with Crippen molar-refractivity contribution >= 4 is 11.8 Å². The van der Waals surface area contributed by atoms with Gasteiger partial charge in [-0.15, -0.1) is 0 Å². The van der Waals surface area contributed by atoms with Crippen LogP contribution in [0.2, 0.25) is 0 Å². The molecule has 11 heteroatoms. The lowest BCUT2D eigenvalue weighted by Crippen LogP contribution is -2.76. The SMILES string of the molecule is [2H]C1([2H])C(CN2CC[C@]34c5c6ccc(OC7O[C@H](C(=O)O)[C@@H](O)[C@H](O)[C@H]7O)c5O[C@H]3C(=O)CC[C@@]4(O)[C@H]2C6)C1([2H])[2H]. The summed E-state index contributed by atoms with van der Waals surface area (Å²) in [6.07, 6.45) is -13.3. The van der Waals surface area contributed by atoms with E-state index in [0.29, 0.717) is 18.5 Å². The molecule has 7 rings (SSSR count). The molecule has 0 radical (unpaired) electrons. The summed E-state index contributed by atoms with van der Waals surface area (Å²) < 4.78 is 49.6. The van der Waals surface area contributed by atoms with Crippen LogP contribution in [0.5, 0.6) is 11.5 Å². The average molecular weight is 522 g/mol. The Kier molecular flexibility index (Phi) is 4.20. The molecule has 1 aromatic rings. The van der Waals surface area contributed by atoms with Crippen LogP contribution in [-0.4, -0.2) is 104 Å². The van der Waals surface area contributed by atoms with Crippen LogP contribution in [0.25, 0.3) is 0 Å². The van der Waals surface area contributed by atoms with Crippen molar-refractivity contribution in [2.75, 3.05) is 13.1 Å². The van der Waals surface area contributed by atoms with Crippen molar-refractivity contribution in [1.82, 2.24) is 4.90 Å². The number of rotatable bonds is 5. The first kappa shape index (κ1) is 19.7.